The molecule has 1 aromatic rings. The number of aryl methyl sites for hydroxylation is 1. The van der Waals surface area contributed by atoms with Crippen LogP contribution < -0.4 is 5.32 Å². The Morgan fingerprint density at radius 3 is 2.79 bits per heavy atom. The van der Waals surface area contributed by atoms with Crippen molar-refractivity contribution in [3.63, 3.8) is 0 Å². The fourth-order valence-electron chi connectivity index (χ4n) is 2.00. The van der Waals surface area contributed by atoms with Crippen LogP contribution >= 0.6 is 0 Å². The second-order valence-corrected chi connectivity index (χ2v) is 4.47. The second-order valence-electron chi connectivity index (χ2n) is 4.47. The third-order valence-corrected chi connectivity index (χ3v) is 2.94. The van der Waals surface area contributed by atoms with Crippen LogP contribution in [0.25, 0.3) is 0 Å². The highest BCUT2D eigenvalue weighted by atomic mass is 16.2. The molecular formula is C12H15NO. The number of carbonyl (C=O) groups is 1. The molecule has 0 spiro atoms. The topological polar surface area (TPSA) is 29.1 Å². The van der Waals surface area contributed by atoms with E-state index in [4.69, 9.17) is 0 Å². The lowest BCUT2D eigenvalue weighted by Gasteiger charge is -2.31. The van der Waals surface area contributed by atoms with Crippen molar-refractivity contribution in [2.45, 2.75) is 32.7 Å². The molecule has 0 saturated carbocycles. The largest absolute Gasteiger partial charge is 0.351 e. The lowest BCUT2D eigenvalue weighted by Crippen LogP contribution is -2.44. The third-order valence-electron chi connectivity index (χ3n) is 2.94. The molecule has 0 atom stereocenters. The molecule has 0 unspecified atom stereocenters. The van der Waals surface area contributed by atoms with E-state index in [2.05, 4.69) is 30.4 Å². The fraction of sp³-hybridized carbons (Fsp3) is 0.417. The molecule has 2 rings (SSSR count). The Bertz CT molecular complexity index is 393. The van der Waals surface area contributed by atoms with Crippen molar-refractivity contribution in [2.75, 3.05) is 0 Å². The zero-order valence-electron chi connectivity index (χ0n) is 8.85. The maximum Gasteiger partial charge on any atom is 0.230 e. The van der Waals surface area contributed by atoms with E-state index < -0.39 is 0 Å². The number of rotatable bonds is 0. The summed E-state index contributed by atoms with van der Waals surface area (Å²) in [6.07, 6.45) is 0. The summed E-state index contributed by atoms with van der Waals surface area (Å²) in [5.74, 6) is 0.119. The molecule has 0 fully saturated rings. The quantitative estimate of drug-likeness (QED) is 0.663. The molecule has 1 aliphatic rings. The average molecular weight is 189 g/mol. The van der Waals surface area contributed by atoms with Gasteiger partial charge in [-0.1, -0.05) is 23.8 Å². The van der Waals surface area contributed by atoms with Crippen LogP contribution in [0, 0.1) is 6.92 Å². The van der Waals surface area contributed by atoms with Gasteiger partial charge in [-0.15, -0.1) is 0 Å². The van der Waals surface area contributed by atoms with Gasteiger partial charge in [0.05, 0.1) is 5.41 Å². The smallest absolute Gasteiger partial charge is 0.230 e. The van der Waals surface area contributed by atoms with Crippen LogP contribution in [0.15, 0.2) is 18.2 Å². The van der Waals surface area contributed by atoms with Crippen LogP contribution in [-0.2, 0) is 16.8 Å². The summed E-state index contributed by atoms with van der Waals surface area (Å²) in [5.41, 5.74) is 3.26. The van der Waals surface area contributed by atoms with Gasteiger partial charge in [0.2, 0.25) is 5.91 Å². The monoisotopic (exact) mass is 189 g/mol. The number of fused-ring (bicyclic) bond motifs is 1. The molecule has 1 amide bonds. The normalized spacial score (nSPS) is 18.6. The molecule has 14 heavy (non-hydrogen) atoms. The van der Waals surface area contributed by atoms with E-state index in [0.29, 0.717) is 6.54 Å². The molecule has 1 N–H and O–H groups in total. The van der Waals surface area contributed by atoms with E-state index >= 15 is 0 Å². The predicted molar refractivity (Wildman–Crippen MR) is 56.1 cm³/mol. The highest BCUT2D eigenvalue weighted by Gasteiger charge is 2.34. The summed E-state index contributed by atoms with van der Waals surface area (Å²) in [6, 6.07) is 6.29. The summed E-state index contributed by atoms with van der Waals surface area (Å²) in [7, 11) is 0. The molecule has 0 aliphatic carbocycles. The molecule has 1 aliphatic heterocycles. The minimum absolute atomic E-state index is 0.119. The number of nitrogens with one attached hydrogen (secondary N) is 1. The summed E-state index contributed by atoms with van der Waals surface area (Å²) in [4.78, 5) is 11.7. The van der Waals surface area contributed by atoms with E-state index in [9.17, 15) is 4.79 Å². The van der Waals surface area contributed by atoms with Crippen molar-refractivity contribution in [1.82, 2.24) is 5.32 Å². The zero-order chi connectivity index (χ0) is 10.3. The minimum Gasteiger partial charge on any atom is -0.351 e. The highest BCUT2D eigenvalue weighted by Crippen LogP contribution is 2.30. The minimum atomic E-state index is -0.388. The number of hydrogen-bond acceptors (Lipinski definition) is 1. The summed E-state index contributed by atoms with van der Waals surface area (Å²) < 4.78 is 0. The molecule has 2 nitrogen and oxygen atoms in total. The number of amides is 1. The number of benzene rings is 1. The van der Waals surface area contributed by atoms with Gasteiger partial charge in [0.1, 0.15) is 0 Å². The van der Waals surface area contributed by atoms with Crippen molar-refractivity contribution in [2.24, 2.45) is 0 Å². The average Bonchev–Trinajstić information content (AvgIpc) is 2.12. The fourth-order valence-corrected chi connectivity index (χ4v) is 2.00. The number of carbonyl (C=O) groups excluding carboxylic acids is 1. The highest BCUT2D eigenvalue weighted by molar-refractivity contribution is 5.89. The van der Waals surface area contributed by atoms with Gasteiger partial charge in [-0.3, -0.25) is 4.79 Å². The lowest BCUT2D eigenvalue weighted by molar-refractivity contribution is -0.126. The van der Waals surface area contributed by atoms with Crippen LogP contribution in [-0.4, -0.2) is 5.91 Å². The van der Waals surface area contributed by atoms with Gasteiger partial charge in [0, 0.05) is 6.54 Å². The molecule has 0 radical (unpaired) electrons. The molecule has 0 aromatic heterocycles. The summed E-state index contributed by atoms with van der Waals surface area (Å²) in [5, 5.41) is 2.92. The third kappa shape index (κ3) is 1.22. The van der Waals surface area contributed by atoms with Crippen LogP contribution in [0.3, 0.4) is 0 Å². The Labute approximate surface area is 84.3 Å². The number of hydrogen-bond donors (Lipinski definition) is 1. The van der Waals surface area contributed by atoms with Gasteiger partial charge in [-0.05, 0) is 31.9 Å². The zero-order valence-corrected chi connectivity index (χ0v) is 8.85. The predicted octanol–water partition coefficient (Wildman–Crippen LogP) is 1.90. The van der Waals surface area contributed by atoms with E-state index in [1.807, 2.05) is 13.8 Å². The van der Waals surface area contributed by atoms with Gasteiger partial charge in [0.25, 0.3) is 0 Å². The first kappa shape index (κ1) is 9.25. The van der Waals surface area contributed by atoms with Crippen molar-refractivity contribution in [3.05, 3.63) is 34.9 Å². The first-order chi connectivity index (χ1) is 6.51. The van der Waals surface area contributed by atoms with Gasteiger partial charge in [-0.2, -0.15) is 0 Å². The first-order valence-corrected chi connectivity index (χ1v) is 4.90. The maximum atomic E-state index is 11.7. The van der Waals surface area contributed by atoms with Crippen LogP contribution in [0.2, 0.25) is 0 Å². The van der Waals surface area contributed by atoms with E-state index in [1.165, 1.54) is 11.1 Å². The molecule has 1 aromatic carbocycles. The Balaban J connectivity index is 2.59. The van der Waals surface area contributed by atoms with Crippen molar-refractivity contribution < 1.29 is 4.79 Å². The Kier molecular flexibility index (Phi) is 1.88. The van der Waals surface area contributed by atoms with Crippen LogP contribution in [0.4, 0.5) is 0 Å². The van der Waals surface area contributed by atoms with E-state index in [0.717, 1.165) is 5.56 Å². The Hall–Kier alpha value is -1.31. The molecular weight excluding hydrogens is 174 g/mol. The standard InChI is InChI=1S/C12H15NO/c1-8-4-5-10-9(6-8)7-13-11(14)12(10,2)3/h4-6H,7H2,1-3H3,(H,13,14). The molecule has 1 heterocycles. The SMILES string of the molecule is Cc1ccc2c(c1)CNC(=O)C2(C)C. The maximum absolute atomic E-state index is 11.7. The van der Waals surface area contributed by atoms with Crippen LogP contribution in [0.5, 0.6) is 0 Å². The van der Waals surface area contributed by atoms with E-state index in [1.54, 1.807) is 0 Å². The first-order valence-electron chi connectivity index (χ1n) is 4.90. The van der Waals surface area contributed by atoms with Crippen molar-refractivity contribution >= 4 is 5.91 Å². The van der Waals surface area contributed by atoms with Gasteiger partial charge in [0.15, 0.2) is 0 Å². The van der Waals surface area contributed by atoms with Crippen molar-refractivity contribution in [3.8, 4) is 0 Å². The Morgan fingerprint density at radius 1 is 1.36 bits per heavy atom. The molecule has 0 bridgehead atoms. The van der Waals surface area contributed by atoms with Gasteiger partial charge < -0.3 is 5.32 Å². The van der Waals surface area contributed by atoms with Gasteiger partial charge >= 0.3 is 0 Å². The molecule has 2 heteroatoms. The van der Waals surface area contributed by atoms with E-state index in [-0.39, 0.29) is 11.3 Å². The Morgan fingerprint density at radius 2 is 2.07 bits per heavy atom. The summed E-state index contributed by atoms with van der Waals surface area (Å²) in [6.45, 7) is 6.67. The lowest BCUT2D eigenvalue weighted by atomic mass is 9.78. The molecule has 0 saturated heterocycles. The van der Waals surface area contributed by atoms with Crippen molar-refractivity contribution in [1.29, 1.82) is 0 Å². The second kappa shape index (κ2) is 2.84. The summed E-state index contributed by atoms with van der Waals surface area (Å²) >= 11 is 0. The van der Waals surface area contributed by atoms with Gasteiger partial charge in [-0.25, -0.2) is 0 Å². The molecule has 74 valence electrons. The van der Waals surface area contributed by atoms with Crippen LogP contribution in [0.1, 0.15) is 30.5 Å².